The minimum Gasteiger partial charge on any atom is -0.350 e. The number of nitrogens with one attached hydrogen (secondary N) is 1. The van der Waals surface area contributed by atoms with Crippen LogP contribution in [0.25, 0.3) is 0 Å². The molecule has 1 aromatic heterocycles. The highest BCUT2D eigenvalue weighted by Gasteiger charge is 2.36. The second kappa shape index (κ2) is 7.88. The monoisotopic (exact) mass is 391 g/mol. The molecule has 1 aliphatic rings. The number of nitro groups is 1. The van der Waals surface area contributed by atoms with Crippen molar-refractivity contribution in [3.63, 3.8) is 0 Å². The molecule has 1 aliphatic heterocycles. The minimum atomic E-state index is -0.572. The lowest BCUT2D eigenvalue weighted by Gasteiger charge is -2.22. The number of rotatable bonds is 5. The lowest BCUT2D eigenvalue weighted by molar-refractivity contribution is -0.385. The van der Waals surface area contributed by atoms with Crippen LogP contribution in [-0.2, 0) is 11.3 Å². The molecule has 1 N–H and O–H groups in total. The summed E-state index contributed by atoms with van der Waals surface area (Å²) >= 11 is 2.58. The normalized spacial score (nSPS) is 16.5. The van der Waals surface area contributed by atoms with Crippen LogP contribution >= 0.6 is 23.1 Å². The SMILES string of the molecule is Cc1sc(C(=O)N2CSC[C@@H]2C(=O)NCc2ccccc2)cc1[N+](=O)[O-]. The van der Waals surface area contributed by atoms with Crippen molar-refractivity contribution in [2.24, 2.45) is 0 Å². The molecule has 1 saturated heterocycles. The van der Waals surface area contributed by atoms with E-state index in [2.05, 4.69) is 5.32 Å². The van der Waals surface area contributed by atoms with E-state index < -0.39 is 11.0 Å². The number of carbonyl (C=O) groups excluding carboxylic acids is 2. The summed E-state index contributed by atoms with van der Waals surface area (Å²) in [5, 5.41) is 13.9. The average Bonchev–Trinajstić information content (AvgIpc) is 3.27. The van der Waals surface area contributed by atoms with E-state index in [9.17, 15) is 19.7 Å². The third-order valence-corrected chi connectivity index (χ3v) is 6.09. The molecule has 1 fully saturated rings. The molecule has 0 saturated carbocycles. The highest BCUT2D eigenvalue weighted by Crippen LogP contribution is 2.31. The smallest absolute Gasteiger partial charge is 0.283 e. The molecule has 3 rings (SSSR count). The van der Waals surface area contributed by atoms with Crippen LogP contribution in [0.5, 0.6) is 0 Å². The lowest BCUT2D eigenvalue weighted by atomic mass is 10.2. The zero-order valence-electron chi connectivity index (χ0n) is 14.0. The first-order valence-corrected chi connectivity index (χ1v) is 9.89. The van der Waals surface area contributed by atoms with Gasteiger partial charge >= 0.3 is 0 Å². The van der Waals surface area contributed by atoms with E-state index in [0.717, 1.165) is 16.9 Å². The Kier molecular flexibility index (Phi) is 5.58. The van der Waals surface area contributed by atoms with Crippen LogP contribution in [0.2, 0.25) is 0 Å². The number of thioether (sulfide) groups is 1. The molecule has 0 unspecified atom stereocenters. The zero-order chi connectivity index (χ0) is 18.7. The van der Waals surface area contributed by atoms with E-state index in [0.29, 0.717) is 23.1 Å². The van der Waals surface area contributed by atoms with Crippen molar-refractivity contribution in [1.82, 2.24) is 10.2 Å². The van der Waals surface area contributed by atoms with Crippen molar-refractivity contribution in [2.75, 3.05) is 11.6 Å². The predicted molar refractivity (Wildman–Crippen MR) is 101 cm³/mol. The van der Waals surface area contributed by atoms with Crippen LogP contribution < -0.4 is 5.32 Å². The van der Waals surface area contributed by atoms with Gasteiger partial charge in [-0.1, -0.05) is 30.3 Å². The van der Waals surface area contributed by atoms with Gasteiger partial charge in [0, 0.05) is 18.4 Å². The Balaban J connectivity index is 1.69. The van der Waals surface area contributed by atoms with Crippen molar-refractivity contribution >= 4 is 40.6 Å². The van der Waals surface area contributed by atoms with Gasteiger partial charge in [-0.15, -0.1) is 23.1 Å². The van der Waals surface area contributed by atoms with E-state index in [-0.39, 0.29) is 22.4 Å². The van der Waals surface area contributed by atoms with Gasteiger partial charge in [0.2, 0.25) is 5.91 Å². The Morgan fingerprint density at radius 2 is 2.08 bits per heavy atom. The summed E-state index contributed by atoms with van der Waals surface area (Å²) < 4.78 is 0. The molecular weight excluding hydrogens is 374 g/mol. The van der Waals surface area contributed by atoms with E-state index in [1.807, 2.05) is 30.3 Å². The van der Waals surface area contributed by atoms with Crippen LogP contribution in [-0.4, -0.2) is 39.3 Å². The zero-order valence-corrected chi connectivity index (χ0v) is 15.6. The van der Waals surface area contributed by atoms with Crippen molar-refractivity contribution < 1.29 is 14.5 Å². The first-order chi connectivity index (χ1) is 12.5. The van der Waals surface area contributed by atoms with Crippen LogP contribution in [0.1, 0.15) is 20.1 Å². The predicted octanol–water partition coefficient (Wildman–Crippen LogP) is 2.80. The number of hydrogen-bond acceptors (Lipinski definition) is 6. The van der Waals surface area contributed by atoms with Gasteiger partial charge in [0.25, 0.3) is 11.6 Å². The van der Waals surface area contributed by atoms with Crippen molar-refractivity contribution in [3.8, 4) is 0 Å². The number of nitrogens with zero attached hydrogens (tertiary/aromatic N) is 2. The highest BCUT2D eigenvalue weighted by atomic mass is 32.2. The molecule has 2 amide bonds. The number of thiophene rings is 1. The molecular formula is C17H17N3O4S2. The summed E-state index contributed by atoms with van der Waals surface area (Å²) in [7, 11) is 0. The molecule has 2 aromatic rings. The molecule has 2 heterocycles. The lowest BCUT2D eigenvalue weighted by Crippen LogP contribution is -2.46. The van der Waals surface area contributed by atoms with Crippen LogP contribution in [0.15, 0.2) is 36.4 Å². The summed E-state index contributed by atoms with van der Waals surface area (Å²) in [6.45, 7) is 2.01. The van der Waals surface area contributed by atoms with Gasteiger partial charge < -0.3 is 10.2 Å². The second-order valence-corrected chi connectivity index (χ2v) is 8.06. The maximum atomic E-state index is 12.7. The third-order valence-electron chi connectivity index (χ3n) is 4.05. The molecule has 26 heavy (non-hydrogen) atoms. The Bertz CT molecular complexity index is 838. The quantitative estimate of drug-likeness (QED) is 0.625. The maximum Gasteiger partial charge on any atom is 0.283 e. The van der Waals surface area contributed by atoms with Gasteiger partial charge in [-0.3, -0.25) is 19.7 Å². The van der Waals surface area contributed by atoms with Crippen LogP contribution in [0.4, 0.5) is 5.69 Å². The fourth-order valence-corrected chi connectivity index (χ4v) is 4.76. The summed E-state index contributed by atoms with van der Waals surface area (Å²) in [6, 6.07) is 10.3. The van der Waals surface area contributed by atoms with Crippen LogP contribution in [0, 0.1) is 17.0 Å². The summed E-state index contributed by atoms with van der Waals surface area (Å²) in [5.74, 6) is 0.359. The third kappa shape index (κ3) is 3.88. The molecule has 0 bridgehead atoms. The maximum absolute atomic E-state index is 12.7. The van der Waals surface area contributed by atoms with Crippen molar-refractivity contribution in [3.05, 3.63) is 61.8 Å². The minimum absolute atomic E-state index is 0.0599. The van der Waals surface area contributed by atoms with E-state index in [1.165, 1.54) is 22.7 Å². The number of amides is 2. The molecule has 0 radical (unpaired) electrons. The fraction of sp³-hybridized carbons (Fsp3) is 0.294. The molecule has 136 valence electrons. The summed E-state index contributed by atoms with van der Waals surface area (Å²) in [4.78, 5) is 38.0. The summed E-state index contributed by atoms with van der Waals surface area (Å²) in [5.41, 5.74) is 0.921. The largest absolute Gasteiger partial charge is 0.350 e. The Morgan fingerprint density at radius 1 is 1.35 bits per heavy atom. The second-order valence-electron chi connectivity index (χ2n) is 5.80. The highest BCUT2D eigenvalue weighted by molar-refractivity contribution is 7.99. The first-order valence-electron chi connectivity index (χ1n) is 7.92. The van der Waals surface area contributed by atoms with E-state index in [1.54, 1.807) is 6.92 Å². The van der Waals surface area contributed by atoms with Crippen molar-refractivity contribution in [1.29, 1.82) is 0 Å². The topological polar surface area (TPSA) is 92.6 Å². The standard InChI is InChI=1S/C17H17N3O4S2/c1-11-13(20(23)24)7-15(26-11)17(22)19-10-25-9-14(19)16(21)18-8-12-5-3-2-4-6-12/h2-7,14H,8-10H2,1H3,(H,18,21)/t14-/m1/s1. The van der Waals surface area contributed by atoms with Gasteiger partial charge in [-0.2, -0.15) is 0 Å². The number of benzene rings is 1. The number of carbonyl (C=O) groups is 2. The number of hydrogen-bond donors (Lipinski definition) is 1. The Labute approximate surface area is 158 Å². The van der Waals surface area contributed by atoms with Gasteiger partial charge in [-0.25, -0.2) is 0 Å². The van der Waals surface area contributed by atoms with E-state index >= 15 is 0 Å². The molecule has 9 heteroatoms. The number of aryl methyl sites for hydroxylation is 1. The Morgan fingerprint density at radius 3 is 2.73 bits per heavy atom. The van der Waals surface area contributed by atoms with E-state index in [4.69, 9.17) is 0 Å². The molecule has 7 nitrogen and oxygen atoms in total. The molecule has 0 spiro atoms. The average molecular weight is 391 g/mol. The Hall–Kier alpha value is -2.39. The molecule has 0 aliphatic carbocycles. The molecule has 1 aromatic carbocycles. The van der Waals surface area contributed by atoms with Gasteiger partial charge in [0.05, 0.1) is 20.6 Å². The van der Waals surface area contributed by atoms with Gasteiger partial charge in [-0.05, 0) is 12.5 Å². The van der Waals surface area contributed by atoms with Crippen molar-refractivity contribution in [2.45, 2.75) is 19.5 Å². The summed E-state index contributed by atoms with van der Waals surface area (Å²) in [6.07, 6.45) is 0. The van der Waals surface area contributed by atoms with Gasteiger partial charge in [0.15, 0.2) is 0 Å². The first kappa shape index (κ1) is 18.4. The fourth-order valence-electron chi connectivity index (χ4n) is 2.66. The van der Waals surface area contributed by atoms with Gasteiger partial charge in [0.1, 0.15) is 6.04 Å². The van der Waals surface area contributed by atoms with Crippen LogP contribution in [0.3, 0.4) is 0 Å². The molecule has 1 atom stereocenters.